The molecule has 0 aliphatic carbocycles. The molecule has 2 aromatic rings. The topological polar surface area (TPSA) is 71.1 Å². The summed E-state index contributed by atoms with van der Waals surface area (Å²) in [4.78, 5) is 27.8. The normalized spacial score (nSPS) is 10.2. The summed E-state index contributed by atoms with van der Waals surface area (Å²) in [6.07, 6.45) is 1.07. The van der Waals surface area contributed by atoms with E-state index in [1.54, 1.807) is 12.1 Å². The van der Waals surface area contributed by atoms with Gasteiger partial charge in [-0.05, 0) is 31.0 Å². The lowest BCUT2D eigenvalue weighted by Crippen LogP contribution is -2.42. The lowest BCUT2D eigenvalue weighted by molar-refractivity contribution is -0.121. The Kier molecular flexibility index (Phi) is 5.05. The fourth-order valence-electron chi connectivity index (χ4n) is 1.79. The number of rotatable bonds is 4. The van der Waals surface area contributed by atoms with Gasteiger partial charge in [0.15, 0.2) is 0 Å². The maximum Gasteiger partial charge on any atom is 0.269 e. The number of hydrogen-bond acceptors (Lipinski definition) is 4. The quantitative estimate of drug-likeness (QED) is 0.849. The fourth-order valence-corrected chi connectivity index (χ4v) is 2.40. The Morgan fingerprint density at radius 2 is 1.90 bits per heavy atom. The molecule has 0 aliphatic heterocycles. The van der Waals surface area contributed by atoms with Crippen molar-refractivity contribution in [1.29, 1.82) is 0 Å². The lowest BCUT2D eigenvalue weighted by Gasteiger charge is -2.07. The maximum atomic E-state index is 11.9. The van der Waals surface area contributed by atoms with Gasteiger partial charge in [0.2, 0.25) is 5.91 Å². The van der Waals surface area contributed by atoms with Gasteiger partial charge in [-0.3, -0.25) is 20.4 Å². The van der Waals surface area contributed by atoms with Gasteiger partial charge in [0, 0.05) is 10.9 Å². The van der Waals surface area contributed by atoms with Crippen LogP contribution in [0, 0.1) is 6.92 Å². The largest absolute Gasteiger partial charge is 0.273 e. The average molecular weight is 303 g/mol. The van der Waals surface area contributed by atoms with Crippen LogP contribution in [0.25, 0.3) is 0 Å². The van der Waals surface area contributed by atoms with Gasteiger partial charge >= 0.3 is 0 Å². The zero-order valence-electron chi connectivity index (χ0n) is 12.0. The molecular weight excluding hydrogens is 286 g/mol. The maximum absolute atomic E-state index is 11.9. The van der Waals surface area contributed by atoms with Crippen molar-refractivity contribution in [2.45, 2.75) is 26.7 Å². The molecule has 1 aromatic carbocycles. The van der Waals surface area contributed by atoms with Crippen LogP contribution in [0.5, 0.6) is 0 Å². The number of amides is 2. The molecule has 21 heavy (non-hydrogen) atoms. The Labute approximate surface area is 127 Å². The van der Waals surface area contributed by atoms with Gasteiger partial charge in [-0.25, -0.2) is 4.98 Å². The molecule has 110 valence electrons. The smallest absolute Gasteiger partial charge is 0.269 e. The van der Waals surface area contributed by atoms with Crippen molar-refractivity contribution in [2.24, 2.45) is 0 Å². The highest BCUT2D eigenvalue weighted by molar-refractivity contribution is 7.09. The van der Waals surface area contributed by atoms with Crippen LogP contribution in [0.15, 0.2) is 29.6 Å². The van der Waals surface area contributed by atoms with Gasteiger partial charge in [0.25, 0.3) is 5.91 Å². The molecule has 2 amide bonds. The van der Waals surface area contributed by atoms with Crippen LogP contribution in [-0.4, -0.2) is 16.8 Å². The second-order valence-electron chi connectivity index (χ2n) is 4.59. The van der Waals surface area contributed by atoms with Gasteiger partial charge < -0.3 is 0 Å². The summed E-state index contributed by atoms with van der Waals surface area (Å²) in [7, 11) is 0. The molecule has 0 saturated carbocycles. The van der Waals surface area contributed by atoms with Crippen LogP contribution in [0.1, 0.15) is 33.5 Å². The first-order valence-electron chi connectivity index (χ1n) is 6.67. The van der Waals surface area contributed by atoms with E-state index in [9.17, 15) is 9.59 Å². The minimum Gasteiger partial charge on any atom is -0.273 e. The molecule has 2 N–H and O–H groups in total. The van der Waals surface area contributed by atoms with Crippen LogP contribution < -0.4 is 10.9 Å². The van der Waals surface area contributed by atoms with Crippen molar-refractivity contribution in [3.63, 3.8) is 0 Å². The molecule has 0 atom stereocenters. The van der Waals surface area contributed by atoms with E-state index >= 15 is 0 Å². The standard InChI is InChI=1S/C15H17N3O2S/c1-3-11-4-6-12(7-5-11)15(20)18-17-14(19)8-13-9-21-10(2)16-13/h4-7,9H,3,8H2,1-2H3,(H,17,19)(H,18,20). The number of carbonyl (C=O) groups is 2. The average Bonchev–Trinajstić information content (AvgIpc) is 2.90. The number of benzene rings is 1. The summed E-state index contributed by atoms with van der Waals surface area (Å²) < 4.78 is 0. The summed E-state index contributed by atoms with van der Waals surface area (Å²) in [5.41, 5.74) is 7.17. The summed E-state index contributed by atoms with van der Waals surface area (Å²) in [6.45, 7) is 3.93. The van der Waals surface area contributed by atoms with Crippen molar-refractivity contribution in [3.05, 3.63) is 51.5 Å². The van der Waals surface area contributed by atoms with Crippen molar-refractivity contribution in [2.75, 3.05) is 0 Å². The number of hydrazine groups is 1. The van der Waals surface area contributed by atoms with Crippen LogP contribution in [0.4, 0.5) is 0 Å². The summed E-state index contributed by atoms with van der Waals surface area (Å²) in [5.74, 6) is -0.626. The minimum absolute atomic E-state index is 0.152. The highest BCUT2D eigenvalue weighted by Gasteiger charge is 2.09. The molecule has 0 aliphatic rings. The van der Waals surface area contributed by atoms with Gasteiger partial charge in [-0.15, -0.1) is 11.3 Å². The number of thiazole rings is 1. The third-order valence-corrected chi connectivity index (χ3v) is 3.77. The second-order valence-corrected chi connectivity index (χ2v) is 5.65. The molecule has 0 saturated heterocycles. The van der Waals surface area contributed by atoms with E-state index in [0.717, 1.165) is 17.0 Å². The molecule has 0 spiro atoms. The summed E-state index contributed by atoms with van der Waals surface area (Å²) in [5, 5.41) is 2.75. The van der Waals surface area contributed by atoms with E-state index in [1.165, 1.54) is 11.3 Å². The van der Waals surface area contributed by atoms with E-state index in [2.05, 4.69) is 22.8 Å². The zero-order chi connectivity index (χ0) is 15.2. The second kappa shape index (κ2) is 6.99. The Morgan fingerprint density at radius 1 is 1.19 bits per heavy atom. The first-order chi connectivity index (χ1) is 10.1. The molecular formula is C15H17N3O2S. The number of nitrogens with zero attached hydrogens (tertiary/aromatic N) is 1. The van der Waals surface area contributed by atoms with E-state index in [1.807, 2.05) is 24.4 Å². The zero-order valence-corrected chi connectivity index (χ0v) is 12.8. The SMILES string of the molecule is CCc1ccc(C(=O)NNC(=O)Cc2csc(C)n2)cc1. The molecule has 1 heterocycles. The predicted molar refractivity (Wildman–Crippen MR) is 82.0 cm³/mol. The van der Waals surface area contributed by atoms with E-state index in [4.69, 9.17) is 0 Å². The molecule has 0 fully saturated rings. The first kappa shape index (κ1) is 15.2. The fraction of sp³-hybridized carbons (Fsp3) is 0.267. The Hall–Kier alpha value is -2.21. The third-order valence-electron chi connectivity index (χ3n) is 2.95. The summed E-state index contributed by atoms with van der Waals surface area (Å²) >= 11 is 1.49. The lowest BCUT2D eigenvalue weighted by atomic mass is 10.1. The van der Waals surface area contributed by atoms with Crippen molar-refractivity contribution >= 4 is 23.2 Å². The molecule has 2 rings (SSSR count). The Bertz CT molecular complexity index is 635. The van der Waals surface area contributed by atoms with Gasteiger partial charge in [-0.2, -0.15) is 0 Å². The van der Waals surface area contributed by atoms with Crippen LogP contribution >= 0.6 is 11.3 Å². The van der Waals surface area contributed by atoms with E-state index in [-0.39, 0.29) is 18.2 Å². The number of nitrogens with one attached hydrogen (secondary N) is 2. The molecule has 6 heteroatoms. The number of hydrogen-bond donors (Lipinski definition) is 2. The molecule has 1 aromatic heterocycles. The highest BCUT2D eigenvalue weighted by Crippen LogP contribution is 2.08. The number of aromatic nitrogens is 1. The van der Waals surface area contributed by atoms with Crippen LogP contribution in [0.3, 0.4) is 0 Å². The third kappa shape index (κ3) is 4.39. The predicted octanol–water partition coefficient (Wildman–Crippen LogP) is 2.02. The van der Waals surface area contributed by atoms with Gasteiger partial charge in [0.1, 0.15) is 0 Å². The molecule has 0 unspecified atom stereocenters. The number of aryl methyl sites for hydroxylation is 2. The highest BCUT2D eigenvalue weighted by atomic mass is 32.1. The van der Waals surface area contributed by atoms with Gasteiger partial charge in [0.05, 0.1) is 17.1 Å². The molecule has 5 nitrogen and oxygen atoms in total. The monoisotopic (exact) mass is 303 g/mol. The van der Waals surface area contributed by atoms with Crippen molar-refractivity contribution < 1.29 is 9.59 Å². The van der Waals surface area contributed by atoms with Crippen molar-refractivity contribution in [1.82, 2.24) is 15.8 Å². The summed E-state index contributed by atoms with van der Waals surface area (Å²) in [6, 6.07) is 7.28. The minimum atomic E-state index is -0.333. The first-order valence-corrected chi connectivity index (χ1v) is 7.55. The number of carbonyl (C=O) groups excluding carboxylic acids is 2. The van der Waals surface area contributed by atoms with Crippen LogP contribution in [0.2, 0.25) is 0 Å². The Balaban J connectivity index is 1.83. The van der Waals surface area contributed by atoms with Crippen LogP contribution in [-0.2, 0) is 17.6 Å². The van der Waals surface area contributed by atoms with Crippen molar-refractivity contribution in [3.8, 4) is 0 Å². The van der Waals surface area contributed by atoms with E-state index in [0.29, 0.717) is 11.3 Å². The van der Waals surface area contributed by atoms with Gasteiger partial charge in [-0.1, -0.05) is 19.1 Å². The Morgan fingerprint density at radius 3 is 2.48 bits per heavy atom. The molecule has 0 bridgehead atoms. The van der Waals surface area contributed by atoms with E-state index < -0.39 is 0 Å². The molecule has 0 radical (unpaired) electrons.